The zero-order valence-electron chi connectivity index (χ0n) is 19.4. The fraction of sp³-hybridized carbons (Fsp3) is 0.154. The first-order valence-corrected chi connectivity index (χ1v) is 12.2. The van der Waals surface area contributed by atoms with Crippen molar-refractivity contribution >= 4 is 63.1 Å². The molecule has 1 N–H and O–H groups in total. The van der Waals surface area contributed by atoms with E-state index in [9.17, 15) is 20.2 Å². The van der Waals surface area contributed by atoms with E-state index in [-0.39, 0.29) is 18.2 Å². The van der Waals surface area contributed by atoms with Gasteiger partial charge < -0.3 is 14.8 Å². The maximum atomic E-state index is 12.4. The Bertz CT molecular complexity index is 1370. The number of carbonyl (C=O) groups excluding carboxylic acids is 1. The van der Waals surface area contributed by atoms with Crippen LogP contribution in [0.1, 0.15) is 23.6 Å². The quantitative estimate of drug-likeness (QED) is 0.0946. The predicted octanol–water partition coefficient (Wildman–Crippen LogP) is 6.64. The Hall–Kier alpha value is -3.62. The normalized spacial score (nSPS) is 10.9. The molecule has 8 nitrogen and oxygen atoms in total. The number of nitrogens with one attached hydrogen (secondary N) is 1. The van der Waals surface area contributed by atoms with Crippen molar-refractivity contribution in [2.24, 2.45) is 0 Å². The van der Waals surface area contributed by atoms with Crippen molar-refractivity contribution in [3.05, 3.63) is 90.0 Å². The molecule has 3 aromatic carbocycles. The third kappa shape index (κ3) is 6.96. The number of non-ortho nitro benzene ring substituents is 1. The third-order valence-electron chi connectivity index (χ3n) is 4.96. The molecule has 0 atom stereocenters. The molecule has 0 aliphatic carbocycles. The highest BCUT2D eigenvalue weighted by molar-refractivity contribution is 14.1. The number of hydrogen-bond donors (Lipinski definition) is 1. The fourth-order valence-electron chi connectivity index (χ4n) is 3.19. The highest BCUT2D eigenvalue weighted by Gasteiger charge is 2.15. The Kier molecular flexibility index (Phi) is 9.27. The lowest BCUT2D eigenvalue weighted by atomic mass is 10.0. The molecule has 0 unspecified atom stereocenters. The van der Waals surface area contributed by atoms with E-state index in [4.69, 9.17) is 21.1 Å². The first-order valence-electron chi connectivity index (χ1n) is 10.7. The van der Waals surface area contributed by atoms with Crippen LogP contribution in [0.25, 0.3) is 11.6 Å². The highest BCUT2D eigenvalue weighted by atomic mass is 127. The molecule has 10 heteroatoms. The number of hydrogen-bond acceptors (Lipinski definition) is 6. The predicted molar refractivity (Wildman–Crippen MR) is 147 cm³/mol. The lowest BCUT2D eigenvalue weighted by Gasteiger charge is -2.15. The molecule has 3 aromatic rings. The van der Waals surface area contributed by atoms with Gasteiger partial charge in [-0.1, -0.05) is 17.7 Å². The van der Waals surface area contributed by atoms with Crippen LogP contribution in [0.15, 0.2) is 54.6 Å². The minimum Gasteiger partial charge on any atom is -0.490 e. The summed E-state index contributed by atoms with van der Waals surface area (Å²) in [4.78, 5) is 22.8. The van der Waals surface area contributed by atoms with Crippen LogP contribution < -0.4 is 14.8 Å². The summed E-state index contributed by atoms with van der Waals surface area (Å²) < 4.78 is 12.2. The minimum atomic E-state index is -0.495. The molecule has 0 bridgehead atoms. The molecule has 0 spiro atoms. The third-order valence-corrected chi connectivity index (χ3v) is 6.16. The summed E-state index contributed by atoms with van der Waals surface area (Å²) in [6.45, 7) is 3.81. The second-order valence-corrected chi connectivity index (χ2v) is 9.11. The van der Waals surface area contributed by atoms with Crippen molar-refractivity contribution in [3.8, 4) is 17.6 Å². The van der Waals surface area contributed by atoms with Gasteiger partial charge in [-0.2, -0.15) is 5.26 Å². The second kappa shape index (κ2) is 12.4. The van der Waals surface area contributed by atoms with E-state index in [0.717, 1.165) is 5.56 Å². The Morgan fingerprint density at radius 2 is 1.92 bits per heavy atom. The average molecular weight is 618 g/mol. The number of ether oxygens (including phenoxy) is 2. The van der Waals surface area contributed by atoms with Gasteiger partial charge in [0.05, 0.1) is 26.7 Å². The SMILES string of the molecule is CCOc1cc(/C=C(\C#N)c2ccc([N+](=O)[O-])cc2)cc(I)c1OCC(=O)Nc1ccc(C)c(Cl)c1. The zero-order valence-corrected chi connectivity index (χ0v) is 22.3. The summed E-state index contributed by atoms with van der Waals surface area (Å²) >= 11 is 8.19. The molecule has 0 aromatic heterocycles. The van der Waals surface area contributed by atoms with E-state index < -0.39 is 4.92 Å². The van der Waals surface area contributed by atoms with Crippen molar-refractivity contribution in [2.45, 2.75) is 13.8 Å². The molecule has 3 rings (SSSR count). The summed E-state index contributed by atoms with van der Waals surface area (Å²) in [5.74, 6) is 0.463. The number of carbonyl (C=O) groups is 1. The standard InChI is InChI=1S/C26H21ClIN3O5/c1-3-35-24-12-17(10-19(14-29)18-5-8-21(9-6-18)31(33)34)11-23(28)26(24)36-15-25(32)30-20-7-4-16(2)22(27)13-20/h4-13H,3,15H2,1-2H3,(H,30,32)/b19-10+. The molecular formula is C26H21ClIN3O5. The van der Waals surface area contributed by atoms with Crippen molar-refractivity contribution in [3.63, 3.8) is 0 Å². The van der Waals surface area contributed by atoms with Crippen molar-refractivity contribution < 1.29 is 19.2 Å². The number of amides is 1. The summed E-state index contributed by atoms with van der Waals surface area (Å²) in [5.41, 5.74) is 2.96. The number of nitriles is 1. The number of nitro benzene ring substituents is 1. The molecule has 184 valence electrons. The lowest BCUT2D eigenvalue weighted by molar-refractivity contribution is -0.384. The van der Waals surface area contributed by atoms with Gasteiger partial charge in [-0.05, 0) is 95.6 Å². The lowest BCUT2D eigenvalue weighted by Crippen LogP contribution is -2.20. The Balaban J connectivity index is 1.81. The van der Waals surface area contributed by atoms with Crippen molar-refractivity contribution in [2.75, 3.05) is 18.5 Å². The molecular weight excluding hydrogens is 597 g/mol. The van der Waals surface area contributed by atoms with Crippen LogP contribution in [-0.4, -0.2) is 24.0 Å². The Morgan fingerprint density at radius 3 is 2.53 bits per heavy atom. The number of nitro groups is 1. The topological polar surface area (TPSA) is 114 Å². The molecule has 1 amide bonds. The van der Waals surface area contributed by atoms with Crippen LogP contribution in [0.5, 0.6) is 11.5 Å². The maximum Gasteiger partial charge on any atom is 0.269 e. The summed E-state index contributed by atoms with van der Waals surface area (Å²) in [7, 11) is 0. The van der Waals surface area contributed by atoms with Crippen LogP contribution in [0.4, 0.5) is 11.4 Å². The zero-order chi connectivity index (χ0) is 26.2. The number of benzene rings is 3. The molecule has 0 radical (unpaired) electrons. The summed E-state index contributed by atoms with van der Waals surface area (Å²) in [6.07, 6.45) is 1.66. The molecule has 0 aliphatic rings. The maximum absolute atomic E-state index is 12.4. The largest absolute Gasteiger partial charge is 0.490 e. The van der Waals surface area contributed by atoms with Crippen molar-refractivity contribution in [1.29, 1.82) is 5.26 Å². The van der Waals surface area contributed by atoms with Crippen LogP contribution in [0.2, 0.25) is 5.02 Å². The molecule has 0 saturated heterocycles. The van der Waals surface area contributed by atoms with Gasteiger partial charge in [-0.25, -0.2) is 0 Å². The van der Waals surface area contributed by atoms with E-state index in [1.165, 1.54) is 24.3 Å². The van der Waals surface area contributed by atoms with Gasteiger partial charge in [-0.3, -0.25) is 14.9 Å². The number of aryl methyl sites for hydroxylation is 1. The first kappa shape index (κ1) is 27.0. The Morgan fingerprint density at radius 1 is 1.19 bits per heavy atom. The average Bonchev–Trinajstić information content (AvgIpc) is 2.84. The second-order valence-electron chi connectivity index (χ2n) is 7.54. The molecule has 0 fully saturated rings. The van der Waals surface area contributed by atoms with Gasteiger partial charge >= 0.3 is 0 Å². The summed E-state index contributed by atoms with van der Waals surface area (Å²) in [5, 5.41) is 23.8. The number of allylic oxidation sites excluding steroid dienone is 1. The summed E-state index contributed by atoms with van der Waals surface area (Å²) in [6, 6.07) is 16.6. The molecule has 0 heterocycles. The van der Waals surface area contributed by atoms with E-state index in [0.29, 0.717) is 49.1 Å². The molecule has 0 aliphatic heterocycles. The van der Waals surface area contributed by atoms with E-state index in [1.807, 2.05) is 19.9 Å². The van der Waals surface area contributed by atoms with Gasteiger partial charge in [0.25, 0.3) is 11.6 Å². The van der Waals surface area contributed by atoms with Gasteiger partial charge in [0.1, 0.15) is 0 Å². The first-order chi connectivity index (χ1) is 17.2. The van der Waals surface area contributed by atoms with Gasteiger partial charge in [-0.15, -0.1) is 0 Å². The van der Waals surface area contributed by atoms with Gasteiger partial charge in [0, 0.05) is 22.8 Å². The Labute approximate surface area is 226 Å². The number of nitrogens with zero attached hydrogens (tertiary/aromatic N) is 2. The smallest absolute Gasteiger partial charge is 0.269 e. The molecule has 0 saturated carbocycles. The van der Waals surface area contributed by atoms with E-state index >= 15 is 0 Å². The van der Waals surface area contributed by atoms with E-state index in [2.05, 4.69) is 34.0 Å². The highest BCUT2D eigenvalue weighted by Crippen LogP contribution is 2.35. The van der Waals surface area contributed by atoms with Crippen LogP contribution in [0, 0.1) is 31.9 Å². The number of anilines is 1. The van der Waals surface area contributed by atoms with Crippen LogP contribution in [-0.2, 0) is 4.79 Å². The van der Waals surface area contributed by atoms with Gasteiger partial charge in [0.15, 0.2) is 18.1 Å². The number of rotatable bonds is 9. The van der Waals surface area contributed by atoms with E-state index in [1.54, 1.807) is 30.3 Å². The fourth-order valence-corrected chi connectivity index (χ4v) is 4.15. The van der Waals surface area contributed by atoms with Crippen molar-refractivity contribution in [1.82, 2.24) is 0 Å². The minimum absolute atomic E-state index is 0.0553. The monoisotopic (exact) mass is 617 g/mol. The van der Waals surface area contributed by atoms with Crippen LogP contribution >= 0.6 is 34.2 Å². The number of halogens is 2. The molecule has 36 heavy (non-hydrogen) atoms. The van der Waals surface area contributed by atoms with Crippen LogP contribution in [0.3, 0.4) is 0 Å². The van der Waals surface area contributed by atoms with Gasteiger partial charge in [0.2, 0.25) is 0 Å².